The van der Waals surface area contributed by atoms with Gasteiger partial charge in [-0.3, -0.25) is 14.3 Å². The first-order chi connectivity index (χ1) is 15.1. The molecule has 2 aromatic rings. The highest BCUT2D eigenvalue weighted by atomic mass is 35.5. The van der Waals surface area contributed by atoms with E-state index in [1.807, 2.05) is 0 Å². The zero-order valence-electron chi connectivity index (χ0n) is 17.6. The van der Waals surface area contributed by atoms with Crippen LogP contribution >= 0.6 is 11.6 Å². The van der Waals surface area contributed by atoms with Crippen LogP contribution in [0.1, 0.15) is 35.3 Å². The molecule has 0 radical (unpaired) electrons. The predicted octanol–water partition coefficient (Wildman–Crippen LogP) is 3.72. The maximum Gasteiger partial charge on any atom is 0.435 e. The van der Waals surface area contributed by atoms with Gasteiger partial charge in [0.1, 0.15) is 12.3 Å². The first-order valence-corrected chi connectivity index (χ1v) is 10.6. The molecule has 174 valence electrons. The second-order valence-corrected chi connectivity index (χ2v) is 7.99. The molecule has 0 fully saturated rings. The first-order valence-electron chi connectivity index (χ1n) is 10.2. The van der Waals surface area contributed by atoms with Crippen LogP contribution in [0.2, 0.25) is 5.02 Å². The molecule has 0 spiro atoms. The lowest BCUT2D eigenvalue weighted by molar-refractivity contribution is -0.142. The molecule has 2 heterocycles. The number of aromatic nitrogens is 2. The van der Waals surface area contributed by atoms with Crippen LogP contribution in [0, 0.1) is 0 Å². The third-order valence-electron chi connectivity index (χ3n) is 5.10. The fraction of sp³-hybridized carbons (Fsp3) is 0.476. The van der Waals surface area contributed by atoms with E-state index in [4.69, 9.17) is 16.3 Å². The molecule has 1 aliphatic heterocycles. The van der Waals surface area contributed by atoms with Crippen molar-refractivity contribution in [1.82, 2.24) is 19.6 Å². The summed E-state index contributed by atoms with van der Waals surface area (Å²) in [7, 11) is 1.69. The zero-order valence-corrected chi connectivity index (χ0v) is 18.3. The number of rotatable bonds is 2. The lowest BCUT2D eigenvalue weighted by Crippen LogP contribution is -2.36. The van der Waals surface area contributed by atoms with E-state index in [-0.39, 0.29) is 25.0 Å². The Balaban J connectivity index is 1.68. The van der Waals surface area contributed by atoms with Crippen LogP contribution < -0.4 is 4.74 Å². The summed E-state index contributed by atoms with van der Waals surface area (Å²) in [6, 6.07) is 5.70. The van der Waals surface area contributed by atoms with Crippen molar-refractivity contribution in [2.75, 3.05) is 33.3 Å². The van der Waals surface area contributed by atoms with Crippen LogP contribution in [0.25, 0.3) is 0 Å². The third-order valence-corrected chi connectivity index (χ3v) is 5.34. The maximum atomic E-state index is 12.8. The summed E-state index contributed by atoms with van der Waals surface area (Å²) >= 11 is 6.05. The molecule has 32 heavy (non-hydrogen) atoms. The van der Waals surface area contributed by atoms with E-state index in [2.05, 4.69) is 5.10 Å². The van der Waals surface area contributed by atoms with Gasteiger partial charge >= 0.3 is 6.18 Å². The van der Waals surface area contributed by atoms with Crippen molar-refractivity contribution in [3.63, 3.8) is 0 Å². The van der Waals surface area contributed by atoms with Gasteiger partial charge in [-0.2, -0.15) is 18.3 Å². The molecule has 1 aromatic carbocycles. The van der Waals surface area contributed by atoms with Crippen LogP contribution in [-0.4, -0.2) is 64.7 Å². The molecular weight excluding hydrogens is 449 g/mol. The molecule has 1 aromatic heterocycles. The number of hydrogen-bond acceptors (Lipinski definition) is 4. The molecule has 0 bridgehead atoms. The van der Waals surface area contributed by atoms with Crippen molar-refractivity contribution in [2.24, 2.45) is 0 Å². The summed E-state index contributed by atoms with van der Waals surface area (Å²) in [5.74, 6) is -0.110. The van der Waals surface area contributed by atoms with Gasteiger partial charge in [0, 0.05) is 37.9 Å². The summed E-state index contributed by atoms with van der Waals surface area (Å²) in [5, 5.41) is 3.88. The number of alkyl halides is 3. The second kappa shape index (κ2) is 10.2. The Kier molecular flexibility index (Phi) is 7.65. The minimum atomic E-state index is -4.55. The highest BCUT2D eigenvalue weighted by Gasteiger charge is 2.33. The van der Waals surface area contributed by atoms with Gasteiger partial charge in [-0.25, -0.2) is 0 Å². The summed E-state index contributed by atoms with van der Waals surface area (Å²) in [4.78, 5) is 28.7. The number of hydrogen-bond donors (Lipinski definition) is 0. The van der Waals surface area contributed by atoms with E-state index in [1.165, 1.54) is 0 Å². The number of ether oxygens (including phenoxy) is 1. The summed E-state index contributed by atoms with van der Waals surface area (Å²) in [5.41, 5.74) is -0.651. The Bertz CT molecular complexity index is 964. The Morgan fingerprint density at radius 3 is 2.59 bits per heavy atom. The molecule has 7 nitrogen and oxygen atoms in total. The fourth-order valence-electron chi connectivity index (χ4n) is 3.39. The van der Waals surface area contributed by atoms with Gasteiger partial charge in [-0.05, 0) is 43.5 Å². The molecule has 0 atom stereocenters. The fourth-order valence-corrected chi connectivity index (χ4v) is 3.56. The van der Waals surface area contributed by atoms with Crippen molar-refractivity contribution >= 4 is 23.4 Å². The molecular formula is C21H24ClF3N4O3. The van der Waals surface area contributed by atoms with Crippen LogP contribution in [0.4, 0.5) is 13.2 Å². The Morgan fingerprint density at radius 1 is 1.16 bits per heavy atom. The number of carbonyl (C=O) groups is 2. The number of amides is 2. The van der Waals surface area contributed by atoms with Gasteiger partial charge in [-0.1, -0.05) is 11.6 Å². The molecule has 0 N–H and O–H groups in total. The Labute approximate surface area is 188 Å². The van der Waals surface area contributed by atoms with E-state index in [0.29, 0.717) is 55.2 Å². The third kappa shape index (κ3) is 6.15. The summed E-state index contributed by atoms with van der Waals surface area (Å²) < 4.78 is 45.0. The normalized spacial score (nSPS) is 16.5. The predicted molar refractivity (Wildman–Crippen MR) is 112 cm³/mol. The monoisotopic (exact) mass is 472 g/mol. The number of benzene rings is 1. The molecule has 0 unspecified atom stereocenters. The van der Waals surface area contributed by atoms with Gasteiger partial charge in [-0.15, -0.1) is 0 Å². The topological polar surface area (TPSA) is 67.7 Å². The zero-order chi connectivity index (χ0) is 23.3. The van der Waals surface area contributed by atoms with E-state index in [0.717, 1.165) is 16.9 Å². The number of nitrogens with zero attached hydrogens (tertiary/aromatic N) is 4. The maximum absolute atomic E-state index is 12.8. The van der Waals surface area contributed by atoms with Crippen molar-refractivity contribution < 1.29 is 27.5 Å². The van der Waals surface area contributed by atoms with Crippen LogP contribution in [0.5, 0.6) is 5.75 Å². The van der Waals surface area contributed by atoms with Gasteiger partial charge in [0.15, 0.2) is 5.69 Å². The minimum Gasteiger partial charge on any atom is -0.493 e. The minimum absolute atomic E-state index is 0.200. The molecule has 2 amide bonds. The molecule has 0 saturated carbocycles. The summed E-state index contributed by atoms with van der Waals surface area (Å²) in [6.07, 6.45) is -1.62. The van der Waals surface area contributed by atoms with E-state index >= 15 is 0 Å². The van der Waals surface area contributed by atoms with Gasteiger partial charge in [0.25, 0.3) is 5.91 Å². The Hall–Kier alpha value is -2.75. The summed E-state index contributed by atoms with van der Waals surface area (Å²) in [6.45, 7) is 1.25. The van der Waals surface area contributed by atoms with Crippen molar-refractivity contribution in [3.05, 3.63) is 46.7 Å². The molecule has 1 aliphatic rings. The molecule has 3 rings (SSSR count). The molecule has 0 saturated heterocycles. The number of carbonyl (C=O) groups excluding carboxylic acids is 2. The van der Waals surface area contributed by atoms with Crippen LogP contribution in [0.3, 0.4) is 0 Å². The van der Waals surface area contributed by atoms with Crippen molar-refractivity contribution in [2.45, 2.75) is 32.0 Å². The van der Waals surface area contributed by atoms with Crippen LogP contribution in [0.15, 0.2) is 30.5 Å². The number of halogens is 4. The Morgan fingerprint density at radius 2 is 1.88 bits per heavy atom. The van der Waals surface area contributed by atoms with Gasteiger partial charge < -0.3 is 14.5 Å². The molecule has 0 aliphatic carbocycles. The lowest BCUT2D eigenvalue weighted by atomic mass is 10.1. The smallest absolute Gasteiger partial charge is 0.435 e. The largest absolute Gasteiger partial charge is 0.493 e. The van der Waals surface area contributed by atoms with Crippen molar-refractivity contribution in [1.29, 1.82) is 0 Å². The second-order valence-electron chi connectivity index (χ2n) is 7.55. The van der Waals surface area contributed by atoms with E-state index in [1.54, 1.807) is 35.0 Å². The first kappa shape index (κ1) is 23.9. The average molecular weight is 473 g/mol. The van der Waals surface area contributed by atoms with E-state index in [9.17, 15) is 22.8 Å². The SMILES string of the molecule is CN1CCCCN(C(=O)Cn2ccc(C(F)(F)F)n2)CCCOc2ccc(Cl)cc2C1=O. The van der Waals surface area contributed by atoms with Crippen molar-refractivity contribution in [3.8, 4) is 5.75 Å². The van der Waals surface area contributed by atoms with Gasteiger partial charge in [0.05, 0.1) is 12.2 Å². The lowest BCUT2D eigenvalue weighted by Gasteiger charge is -2.23. The van der Waals surface area contributed by atoms with E-state index < -0.39 is 11.9 Å². The van der Waals surface area contributed by atoms with Crippen LogP contribution in [-0.2, 0) is 17.5 Å². The number of fused-ring (bicyclic) bond motifs is 1. The average Bonchev–Trinajstić information content (AvgIpc) is 3.21. The van der Waals surface area contributed by atoms with Gasteiger partial charge in [0.2, 0.25) is 5.91 Å². The quantitative estimate of drug-likeness (QED) is 0.668. The molecule has 11 heteroatoms. The highest BCUT2D eigenvalue weighted by molar-refractivity contribution is 6.31. The highest BCUT2D eigenvalue weighted by Crippen LogP contribution is 2.27. The standard InChI is InChI=1S/C21H24ClF3N4O3/c1-27-8-2-3-9-28(19(30)14-29-11-7-18(26-29)21(23,24)25)10-4-12-32-17-6-5-15(22)13-16(17)20(27)31/h5-7,11,13H,2-4,8-10,12,14H2,1H3.